The lowest BCUT2D eigenvalue weighted by Gasteiger charge is -2.08. The number of carbonyl (C=O) groups excluding carboxylic acids is 2. The second-order valence-corrected chi connectivity index (χ2v) is 6.68. The third-order valence-electron chi connectivity index (χ3n) is 4.61. The fraction of sp³-hybridized carbons (Fsp3) is 0.211. The number of aromatic amines is 2. The molecule has 0 radical (unpaired) electrons. The van der Waals surface area contributed by atoms with E-state index >= 15 is 0 Å². The minimum Gasteiger partial charge on any atom is -0.326 e. The third kappa shape index (κ3) is 3.23. The number of amides is 2. The molecule has 4 rings (SSSR count). The van der Waals surface area contributed by atoms with Crippen LogP contribution >= 0.6 is 0 Å². The van der Waals surface area contributed by atoms with Crippen molar-refractivity contribution in [2.75, 3.05) is 10.6 Å². The molecule has 0 aliphatic heterocycles. The number of benzene rings is 2. The lowest BCUT2D eigenvalue weighted by Crippen LogP contribution is -2.16. The summed E-state index contributed by atoms with van der Waals surface area (Å²) in [6, 6.07) is 11.9. The van der Waals surface area contributed by atoms with Crippen molar-refractivity contribution in [3.05, 3.63) is 58.5 Å². The average Bonchev–Trinajstić information content (AvgIpc) is 3.22. The van der Waals surface area contributed by atoms with Crippen molar-refractivity contribution in [3.63, 3.8) is 0 Å². The monoisotopic (exact) mass is 350 g/mol. The van der Waals surface area contributed by atoms with Crippen LogP contribution in [0.3, 0.4) is 0 Å². The molecule has 0 saturated heterocycles. The van der Waals surface area contributed by atoms with Gasteiger partial charge in [-0.25, -0.2) is 4.79 Å². The number of fused-ring (bicyclic) bond motifs is 1. The van der Waals surface area contributed by atoms with E-state index in [1.165, 1.54) is 0 Å². The predicted octanol–water partition coefficient (Wildman–Crippen LogP) is 2.70. The highest BCUT2D eigenvalue weighted by Crippen LogP contribution is 2.38. The van der Waals surface area contributed by atoms with E-state index in [1.54, 1.807) is 42.5 Å². The van der Waals surface area contributed by atoms with Crippen molar-refractivity contribution >= 4 is 34.2 Å². The summed E-state index contributed by atoms with van der Waals surface area (Å²) in [5.74, 6) is 0.203. The van der Waals surface area contributed by atoms with E-state index in [1.807, 2.05) is 6.92 Å². The van der Waals surface area contributed by atoms with E-state index in [-0.39, 0.29) is 23.4 Å². The van der Waals surface area contributed by atoms with E-state index in [9.17, 15) is 14.4 Å². The molecular formula is C19H18N4O3. The summed E-state index contributed by atoms with van der Waals surface area (Å²) in [4.78, 5) is 41.1. The molecule has 26 heavy (non-hydrogen) atoms. The van der Waals surface area contributed by atoms with Crippen molar-refractivity contribution in [2.24, 2.45) is 11.8 Å². The summed E-state index contributed by atoms with van der Waals surface area (Å²) in [5, 5.41) is 5.65. The minimum atomic E-state index is -0.295. The average molecular weight is 350 g/mol. The summed E-state index contributed by atoms with van der Waals surface area (Å²) in [6.07, 6.45) is 0.912. The molecule has 2 aromatic carbocycles. The van der Waals surface area contributed by atoms with Crippen LogP contribution in [-0.2, 0) is 4.79 Å². The molecule has 7 heteroatoms. The molecule has 1 heterocycles. The van der Waals surface area contributed by atoms with Crippen molar-refractivity contribution in [1.82, 2.24) is 9.97 Å². The first kappa shape index (κ1) is 16.1. The molecule has 1 aromatic heterocycles. The molecule has 4 N–H and O–H groups in total. The number of rotatable bonds is 4. The normalized spacial score (nSPS) is 18.5. The van der Waals surface area contributed by atoms with Gasteiger partial charge < -0.3 is 20.6 Å². The van der Waals surface area contributed by atoms with Crippen LogP contribution in [0.5, 0.6) is 0 Å². The molecule has 2 atom stereocenters. The van der Waals surface area contributed by atoms with Gasteiger partial charge >= 0.3 is 5.69 Å². The van der Waals surface area contributed by atoms with Gasteiger partial charge in [-0.3, -0.25) is 9.59 Å². The second kappa shape index (κ2) is 6.18. The third-order valence-corrected chi connectivity index (χ3v) is 4.61. The zero-order valence-corrected chi connectivity index (χ0v) is 14.1. The second-order valence-electron chi connectivity index (χ2n) is 6.68. The van der Waals surface area contributed by atoms with Crippen LogP contribution in [-0.4, -0.2) is 21.8 Å². The smallest absolute Gasteiger partial charge is 0.323 e. The van der Waals surface area contributed by atoms with Gasteiger partial charge in [-0.05, 0) is 48.7 Å². The maximum Gasteiger partial charge on any atom is 0.323 e. The maximum atomic E-state index is 12.5. The first-order valence-corrected chi connectivity index (χ1v) is 8.44. The van der Waals surface area contributed by atoms with Crippen LogP contribution in [0.15, 0.2) is 47.3 Å². The zero-order chi connectivity index (χ0) is 18.3. The molecule has 132 valence electrons. The molecule has 0 bridgehead atoms. The van der Waals surface area contributed by atoms with Crippen molar-refractivity contribution in [3.8, 4) is 0 Å². The highest BCUT2D eigenvalue weighted by molar-refractivity contribution is 6.06. The Morgan fingerprint density at radius 3 is 2.50 bits per heavy atom. The van der Waals surface area contributed by atoms with Crippen LogP contribution in [0.4, 0.5) is 11.4 Å². The van der Waals surface area contributed by atoms with Crippen LogP contribution in [0, 0.1) is 11.8 Å². The van der Waals surface area contributed by atoms with E-state index in [0.717, 1.165) is 6.42 Å². The standard InChI is InChI=1S/C19H18N4O3/c1-10-7-14(10)18(25)21-12-4-2-3-11(8-12)17(24)20-13-5-6-15-16(9-13)23-19(26)22-15/h2-6,8-10,14H,7H2,1H3,(H,20,24)(H,21,25)(H2,22,23,26). The van der Waals surface area contributed by atoms with E-state index in [0.29, 0.717) is 33.9 Å². The molecule has 7 nitrogen and oxygen atoms in total. The Bertz CT molecular complexity index is 1070. The molecule has 1 saturated carbocycles. The van der Waals surface area contributed by atoms with Gasteiger partial charge in [0, 0.05) is 22.9 Å². The predicted molar refractivity (Wildman–Crippen MR) is 99.2 cm³/mol. The maximum absolute atomic E-state index is 12.5. The lowest BCUT2D eigenvalue weighted by molar-refractivity contribution is -0.117. The SMILES string of the molecule is CC1CC1C(=O)Nc1cccc(C(=O)Nc2ccc3[nH]c(=O)[nH]c3c2)c1. The Morgan fingerprint density at radius 2 is 1.73 bits per heavy atom. The summed E-state index contributed by atoms with van der Waals surface area (Å²) < 4.78 is 0. The number of carbonyl (C=O) groups is 2. The molecule has 1 aliphatic rings. The quantitative estimate of drug-likeness (QED) is 0.581. The highest BCUT2D eigenvalue weighted by Gasteiger charge is 2.39. The van der Waals surface area contributed by atoms with Gasteiger partial charge in [-0.1, -0.05) is 13.0 Å². The first-order chi connectivity index (χ1) is 12.5. The molecule has 3 aromatic rings. The lowest BCUT2D eigenvalue weighted by atomic mass is 10.1. The van der Waals surface area contributed by atoms with E-state index in [4.69, 9.17) is 0 Å². The molecule has 2 amide bonds. The number of H-pyrrole nitrogens is 2. The van der Waals surface area contributed by atoms with Gasteiger partial charge in [0.05, 0.1) is 11.0 Å². The van der Waals surface area contributed by atoms with Gasteiger partial charge in [0.15, 0.2) is 0 Å². The number of anilines is 2. The van der Waals surface area contributed by atoms with Gasteiger partial charge in [0.25, 0.3) is 5.91 Å². The number of imidazole rings is 1. The molecule has 2 unspecified atom stereocenters. The van der Waals surface area contributed by atoms with E-state index in [2.05, 4.69) is 20.6 Å². The van der Waals surface area contributed by atoms with Crippen LogP contribution in [0.25, 0.3) is 11.0 Å². The largest absolute Gasteiger partial charge is 0.326 e. The van der Waals surface area contributed by atoms with Crippen molar-refractivity contribution in [2.45, 2.75) is 13.3 Å². The Hall–Kier alpha value is -3.35. The van der Waals surface area contributed by atoms with E-state index < -0.39 is 0 Å². The Kier molecular flexibility index (Phi) is 3.84. The fourth-order valence-electron chi connectivity index (χ4n) is 2.97. The molecule has 1 fully saturated rings. The van der Waals surface area contributed by atoms with Crippen molar-refractivity contribution < 1.29 is 9.59 Å². The summed E-state index contributed by atoms with van der Waals surface area (Å²) in [5.41, 5.74) is 2.61. The van der Waals surface area contributed by atoms with Crippen LogP contribution < -0.4 is 16.3 Å². The molecule has 0 spiro atoms. The topological polar surface area (TPSA) is 107 Å². The fourth-order valence-corrected chi connectivity index (χ4v) is 2.97. The van der Waals surface area contributed by atoms with Gasteiger partial charge in [-0.15, -0.1) is 0 Å². The Balaban J connectivity index is 1.49. The minimum absolute atomic E-state index is 0.00285. The first-order valence-electron chi connectivity index (χ1n) is 8.44. The van der Waals surface area contributed by atoms with Crippen LogP contribution in [0.2, 0.25) is 0 Å². The molecule has 1 aliphatic carbocycles. The Morgan fingerprint density at radius 1 is 1.00 bits per heavy atom. The van der Waals surface area contributed by atoms with Gasteiger partial charge in [0.2, 0.25) is 5.91 Å². The van der Waals surface area contributed by atoms with Crippen LogP contribution in [0.1, 0.15) is 23.7 Å². The number of aromatic nitrogens is 2. The van der Waals surface area contributed by atoms with Gasteiger partial charge in [0.1, 0.15) is 0 Å². The number of hydrogen-bond donors (Lipinski definition) is 4. The molecular weight excluding hydrogens is 332 g/mol. The highest BCUT2D eigenvalue weighted by atomic mass is 16.2. The number of hydrogen-bond acceptors (Lipinski definition) is 3. The van der Waals surface area contributed by atoms with Gasteiger partial charge in [-0.2, -0.15) is 0 Å². The summed E-state index contributed by atoms with van der Waals surface area (Å²) in [7, 11) is 0. The summed E-state index contributed by atoms with van der Waals surface area (Å²) in [6.45, 7) is 2.04. The Labute approximate surface area is 148 Å². The van der Waals surface area contributed by atoms with Crippen molar-refractivity contribution in [1.29, 1.82) is 0 Å². The zero-order valence-electron chi connectivity index (χ0n) is 14.1. The summed E-state index contributed by atoms with van der Waals surface area (Å²) >= 11 is 0. The number of nitrogens with one attached hydrogen (secondary N) is 4.